The minimum Gasteiger partial charge on any atom is -0.487 e. The van der Waals surface area contributed by atoms with E-state index in [0.29, 0.717) is 22.0 Å². The van der Waals surface area contributed by atoms with Crippen LogP contribution in [0.2, 0.25) is 5.02 Å². The summed E-state index contributed by atoms with van der Waals surface area (Å²) in [7, 11) is -2.31. The molecule has 3 aromatic rings. The van der Waals surface area contributed by atoms with Gasteiger partial charge in [0, 0.05) is 10.4 Å². The third kappa shape index (κ3) is 5.17. The van der Waals surface area contributed by atoms with Gasteiger partial charge in [0.05, 0.1) is 18.4 Å². The molecule has 30 heavy (non-hydrogen) atoms. The fourth-order valence-corrected chi connectivity index (χ4v) is 4.81. The highest BCUT2D eigenvalue weighted by Gasteiger charge is 2.35. The lowest BCUT2D eigenvalue weighted by molar-refractivity contribution is 0.0600. The number of hydrogen-bond donors (Lipinski definition) is 2. The Labute approximate surface area is 184 Å². The summed E-state index contributed by atoms with van der Waals surface area (Å²) >= 11 is 7.31. The molecule has 2 N–H and O–H groups in total. The Bertz CT molecular complexity index is 1110. The summed E-state index contributed by atoms with van der Waals surface area (Å²) in [4.78, 5) is 15.6. The van der Waals surface area contributed by atoms with Gasteiger partial charge in [-0.2, -0.15) is 14.3 Å². The number of methoxy groups -OCH3 is 1. The van der Waals surface area contributed by atoms with Gasteiger partial charge >= 0.3 is 20.7 Å². The molecule has 0 aliphatic rings. The van der Waals surface area contributed by atoms with E-state index in [4.69, 9.17) is 16.3 Å². The van der Waals surface area contributed by atoms with E-state index < -0.39 is 16.4 Å². The van der Waals surface area contributed by atoms with Gasteiger partial charge in [0.2, 0.25) is 0 Å². The smallest absolute Gasteiger partial charge is 0.376 e. The van der Waals surface area contributed by atoms with Crippen molar-refractivity contribution in [2.24, 2.45) is 0 Å². The van der Waals surface area contributed by atoms with Crippen molar-refractivity contribution in [2.45, 2.75) is 24.8 Å². The lowest BCUT2D eigenvalue weighted by Crippen LogP contribution is -2.21. The maximum atomic E-state index is 12.8. The number of halogens is 1. The summed E-state index contributed by atoms with van der Waals surface area (Å²) in [6, 6.07) is 10.0. The molecule has 0 fully saturated rings. The lowest BCUT2D eigenvalue weighted by Gasteiger charge is -2.14. The summed E-state index contributed by atoms with van der Waals surface area (Å²) in [6.07, 6.45) is 0. The van der Waals surface area contributed by atoms with Gasteiger partial charge in [-0.05, 0) is 53.4 Å². The maximum absolute atomic E-state index is 12.8. The Kier molecular flexibility index (Phi) is 6.77. The van der Waals surface area contributed by atoms with Gasteiger partial charge < -0.3 is 9.47 Å². The fourth-order valence-electron chi connectivity index (χ4n) is 2.52. The van der Waals surface area contributed by atoms with E-state index >= 15 is 0 Å². The van der Waals surface area contributed by atoms with E-state index in [-0.39, 0.29) is 16.6 Å². The number of aryl methyl sites for hydroxylation is 2. The molecule has 10 heteroatoms. The molecule has 0 saturated heterocycles. The molecule has 0 spiro atoms. The van der Waals surface area contributed by atoms with Gasteiger partial charge in [0.25, 0.3) is 0 Å². The largest absolute Gasteiger partial charge is 0.487 e. The Morgan fingerprint density at radius 1 is 1.27 bits per heavy atom. The second kappa shape index (κ2) is 9.13. The van der Waals surface area contributed by atoms with E-state index in [1.165, 1.54) is 7.11 Å². The summed E-state index contributed by atoms with van der Waals surface area (Å²) in [5.41, 5.74) is 2.93. The van der Waals surface area contributed by atoms with Crippen LogP contribution in [0, 0.1) is 13.8 Å². The Balaban J connectivity index is 1.81. The first-order chi connectivity index (χ1) is 14.2. The van der Waals surface area contributed by atoms with Gasteiger partial charge in [-0.1, -0.05) is 35.1 Å². The third-order valence-corrected chi connectivity index (χ3v) is 7.30. The molecule has 1 aromatic heterocycles. The second-order valence-electron chi connectivity index (χ2n) is 6.46. The van der Waals surface area contributed by atoms with Crippen molar-refractivity contribution >= 4 is 45.0 Å². The molecular formula is C20H20ClN2O5S2+. The predicted molar refractivity (Wildman–Crippen MR) is 118 cm³/mol. The zero-order chi connectivity index (χ0) is 21.9. The molecule has 1 heterocycles. The molecule has 0 amide bonds. The normalized spacial score (nSPS) is 12.8. The SMILES string of the molecule is COC(=O)c1ccc(COc2cc(C)c(Cl)cc2N[S+](=O)(O)c2nc(C)cs2)cc1. The molecule has 7 nitrogen and oxygen atoms in total. The first-order valence-corrected chi connectivity index (χ1v) is 11.5. The van der Waals surface area contributed by atoms with Gasteiger partial charge in [-0.15, -0.1) is 0 Å². The van der Waals surface area contributed by atoms with Crippen molar-refractivity contribution < 1.29 is 23.0 Å². The molecule has 0 radical (unpaired) electrons. The number of aromatic nitrogens is 1. The van der Waals surface area contributed by atoms with Crippen molar-refractivity contribution in [3.8, 4) is 5.75 Å². The van der Waals surface area contributed by atoms with Crippen molar-refractivity contribution in [3.63, 3.8) is 0 Å². The summed E-state index contributed by atoms with van der Waals surface area (Å²) < 4.78 is 36.5. The van der Waals surface area contributed by atoms with Gasteiger partial charge in [-0.25, -0.2) is 4.79 Å². The van der Waals surface area contributed by atoms with Crippen molar-refractivity contribution in [2.75, 3.05) is 11.8 Å². The topological polar surface area (TPSA) is 97.8 Å². The number of esters is 1. The summed E-state index contributed by atoms with van der Waals surface area (Å²) in [5.74, 6) is -0.0543. The number of carbonyl (C=O) groups excluding carboxylic acids is 1. The number of nitrogens with one attached hydrogen (secondary N) is 1. The molecule has 3 rings (SSSR count). The molecule has 1 unspecified atom stereocenters. The Hall–Kier alpha value is -2.46. The molecular weight excluding hydrogens is 448 g/mol. The average Bonchev–Trinajstić information content (AvgIpc) is 3.16. The quantitative estimate of drug-likeness (QED) is 0.369. The van der Waals surface area contributed by atoms with Crippen molar-refractivity contribution in [3.05, 3.63) is 69.2 Å². The number of rotatable bonds is 7. The summed E-state index contributed by atoms with van der Waals surface area (Å²) in [5, 5.41) is 2.13. The Morgan fingerprint density at radius 2 is 1.97 bits per heavy atom. The molecule has 2 aromatic carbocycles. The van der Waals surface area contributed by atoms with E-state index in [1.54, 1.807) is 48.7 Å². The van der Waals surface area contributed by atoms with Crippen LogP contribution in [0.5, 0.6) is 5.75 Å². The minimum absolute atomic E-state index is 0.0704. The van der Waals surface area contributed by atoms with Crippen LogP contribution >= 0.6 is 22.9 Å². The third-order valence-electron chi connectivity index (χ3n) is 4.11. The predicted octanol–water partition coefficient (Wildman–Crippen LogP) is 5.14. The van der Waals surface area contributed by atoms with Crippen LogP contribution in [0.1, 0.15) is 27.2 Å². The summed E-state index contributed by atoms with van der Waals surface area (Å²) in [6.45, 7) is 3.74. The van der Waals surface area contributed by atoms with Crippen LogP contribution < -0.4 is 9.46 Å². The van der Waals surface area contributed by atoms with Crippen LogP contribution in [-0.4, -0.2) is 22.6 Å². The number of benzene rings is 2. The fraction of sp³-hybridized carbons (Fsp3) is 0.200. The number of hydrogen-bond acceptors (Lipinski definition) is 6. The second-order valence-corrected chi connectivity index (χ2v) is 9.62. The van der Waals surface area contributed by atoms with Crippen LogP contribution in [-0.2, 0) is 26.0 Å². The van der Waals surface area contributed by atoms with Crippen molar-refractivity contribution in [1.29, 1.82) is 0 Å². The molecule has 1 atom stereocenters. The lowest BCUT2D eigenvalue weighted by atomic mass is 10.1. The van der Waals surface area contributed by atoms with Crippen LogP contribution in [0.4, 0.5) is 5.69 Å². The number of thiazole rings is 1. The number of carbonyl (C=O) groups is 1. The van der Waals surface area contributed by atoms with E-state index in [1.807, 2.05) is 6.92 Å². The molecule has 158 valence electrons. The molecule has 0 bridgehead atoms. The van der Waals surface area contributed by atoms with E-state index in [9.17, 15) is 13.6 Å². The van der Waals surface area contributed by atoms with Crippen molar-refractivity contribution in [1.82, 2.24) is 4.98 Å². The minimum atomic E-state index is -3.63. The number of nitrogens with zero attached hydrogens (tertiary/aromatic N) is 1. The zero-order valence-corrected chi connectivity index (χ0v) is 18.9. The average molecular weight is 468 g/mol. The first-order valence-electron chi connectivity index (χ1n) is 8.76. The zero-order valence-electron chi connectivity index (χ0n) is 16.5. The first kappa shape index (κ1) is 22.2. The van der Waals surface area contributed by atoms with E-state index in [0.717, 1.165) is 22.5 Å². The number of ether oxygens (including phenoxy) is 2. The van der Waals surface area contributed by atoms with E-state index in [2.05, 4.69) is 14.4 Å². The van der Waals surface area contributed by atoms with Crippen LogP contribution in [0.15, 0.2) is 46.1 Å². The maximum Gasteiger partial charge on any atom is 0.376 e. The molecule has 0 saturated carbocycles. The monoisotopic (exact) mass is 467 g/mol. The van der Waals surface area contributed by atoms with Crippen LogP contribution in [0.25, 0.3) is 0 Å². The Morgan fingerprint density at radius 3 is 2.57 bits per heavy atom. The van der Waals surface area contributed by atoms with Gasteiger partial charge in [-0.3, -0.25) is 0 Å². The molecule has 0 aliphatic heterocycles. The molecule has 0 aliphatic carbocycles. The standard InChI is InChI=1S/C20H19ClN2O5S2/c1-12-8-18(28-10-14-4-6-15(7-5-14)19(24)27-3)17(9-16(12)21)23-30(25,26)20-22-13(2)11-29-20/h4-9,11H,10H2,1-3H3,(H-,23,25,26)/p+1. The van der Waals surface area contributed by atoms with Gasteiger partial charge in [0.1, 0.15) is 18.0 Å². The highest BCUT2D eigenvalue weighted by atomic mass is 35.5. The number of anilines is 1. The van der Waals surface area contributed by atoms with Crippen LogP contribution in [0.3, 0.4) is 0 Å². The van der Waals surface area contributed by atoms with Gasteiger partial charge in [0.15, 0.2) is 0 Å². The highest BCUT2D eigenvalue weighted by molar-refractivity contribution is 8.00. The highest BCUT2D eigenvalue weighted by Crippen LogP contribution is 2.35.